The summed E-state index contributed by atoms with van der Waals surface area (Å²) in [5.41, 5.74) is 0. The highest BCUT2D eigenvalue weighted by Crippen LogP contribution is 2.13. The van der Waals surface area contributed by atoms with Crippen LogP contribution >= 0.6 is 0 Å². The summed E-state index contributed by atoms with van der Waals surface area (Å²) in [5, 5.41) is 0. The quantitative estimate of drug-likeness (QED) is 0.0262. The van der Waals surface area contributed by atoms with Crippen molar-refractivity contribution in [2.75, 3.05) is 13.2 Å². The number of allylic oxidation sites excluding steroid dienone is 16. The van der Waals surface area contributed by atoms with Gasteiger partial charge in [0.15, 0.2) is 6.10 Å². The Morgan fingerprint density at radius 3 is 1.02 bits per heavy atom. The SMILES string of the molecule is CC/C=C\C/C=C\C/C=C\C/C=C\CCCCCCC(=O)O[C@H](COC(=O)CCCC/C=C\C/C=C\C/C=C\CCCCC)COC(=O)CCCCCCCCC/C=C\CCCCCC. The van der Waals surface area contributed by atoms with Crippen LogP contribution in [0.3, 0.4) is 0 Å². The summed E-state index contributed by atoms with van der Waals surface area (Å²) in [6, 6.07) is 0. The fourth-order valence-electron chi connectivity index (χ4n) is 7.02. The van der Waals surface area contributed by atoms with Gasteiger partial charge >= 0.3 is 17.9 Å². The lowest BCUT2D eigenvalue weighted by molar-refractivity contribution is -0.167. The van der Waals surface area contributed by atoms with E-state index >= 15 is 0 Å². The molecule has 6 heteroatoms. The first-order valence-corrected chi connectivity index (χ1v) is 26.7. The van der Waals surface area contributed by atoms with Crippen LogP contribution < -0.4 is 0 Å². The molecule has 0 aromatic carbocycles. The summed E-state index contributed by atoms with van der Waals surface area (Å²) in [6.45, 7) is 6.42. The van der Waals surface area contributed by atoms with Crippen molar-refractivity contribution in [3.63, 3.8) is 0 Å². The standard InChI is InChI=1S/C59H98O6/c1-4-7-10-13-16-19-22-25-28-29-32-35-38-41-44-47-50-53-59(62)65-56(54-63-57(60)51-48-45-42-39-36-33-30-26-23-20-17-14-11-8-5-2)55-64-58(61)52-49-46-43-40-37-34-31-27-24-21-18-15-12-9-6-3/h7,10,16-17,19-21,24-26,28,30,32,35-36,39,56H,4-6,8-9,11-15,18,22-23,27,29,31,33-34,37-38,40-55H2,1-3H3/b10-7-,19-16-,20-17-,24-21-,28-25-,30-26-,35-32-,39-36-/t56-/m1/s1. The summed E-state index contributed by atoms with van der Waals surface area (Å²) in [5.74, 6) is -0.972. The number of ether oxygens (including phenoxy) is 3. The van der Waals surface area contributed by atoms with Crippen LogP contribution in [-0.2, 0) is 28.6 Å². The van der Waals surface area contributed by atoms with Crippen molar-refractivity contribution in [2.45, 2.75) is 245 Å². The molecule has 0 saturated carbocycles. The van der Waals surface area contributed by atoms with Crippen LogP contribution in [0.5, 0.6) is 0 Å². The molecule has 0 aliphatic rings. The van der Waals surface area contributed by atoms with Gasteiger partial charge in [0, 0.05) is 19.3 Å². The lowest BCUT2D eigenvalue weighted by atomic mass is 10.1. The van der Waals surface area contributed by atoms with Gasteiger partial charge in [-0.1, -0.05) is 195 Å². The van der Waals surface area contributed by atoms with Crippen LogP contribution in [0.1, 0.15) is 239 Å². The molecule has 65 heavy (non-hydrogen) atoms. The van der Waals surface area contributed by atoms with E-state index in [2.05, 4.69) is 118 Å². The fraction of sp³-hybridized carbons (Fsp3) is 0.678. The van der Waals surface area contributed by atoms with Crippen molar-refractivity contribution in [2.24, 2.45) is 0 Å². The number of unbranched alkanes of at least 4 members (excludes halogenated alkanes) is 20. The zero-order valence-electron chi connectivity index (χ0n) is 42.2. The van der Waals surface area contributed by atoms with E-state index in [4.69, 9.17) is 14.2 Å². The molecule has 0 heterocycles. The Morgan fingerprint density at radius 1 is 0.323 bits per heavy atom. The normalized spacial score (nSPS) is 12.8. The third-order valence-electron chi connectivity index (χ3n) is 11.0. The number of esters is 3. The van der Waals surface area contributed by atoms with Crippen molar-refractivity contribution in [3.8, 4) is 0 Å². The molecule has 0 saturated heterocycles. The molecular weight excluding hydrogens is 805 g/mol. The molecule has 0 fully saturated rings. The molecule has 0 aromatic rings. The summed E-state index contributed by atoms with van der Waals surface area (Å²) in [6.07, 6.45) is 69.6. The summed E-state index contributed by atoms with van der Waals surface area (Å²) < 4.78 is 16.8. The molecule has 0 aliphatic heterocycles. The van der Waals surface area contributed by atoms with Crippen LogP contribution in [0.25, 0.3) is 0 Å². The van der Waals surface area contributed by atoms with Crippen LogP contribution in [0.15, 0.2) is 97.2 Å². The van der Waals surface area contributed by atoms with Crippen LogP contribution in [-0.4, -0.2) is 37.2 Å². The average molecular weight is 903 g/mol. The van der Waals surface area contributed by atoms with E-state index in [0.717, 1.165) is 109 Å². The predicted octanol–water partition coefficient (Wildman–Crippen LogP) is 17.8. The Balaban J connectivity index is 4.51. The van der Waals surface area contributed by atoms with E-state index in [-0.39, 0.29) is 37.5 Å². The molecule has 370 valence electrons. The van der Waals surface area contributed by atoms with Gasteiger partial charge in [-0.3, -0.25) is 14.4 Å². The average Bonchev–Trinajstić information content (AvgIpc) is 3.30. The number of carbonyl (C=O) groups is 3. The maximum atomic E-state index is 12.8. The van der Waals surface area contributed by atoms with Crippen molar-refractivity contribution in [3.05, 3.63) is 97.2 Å². The minimum Gasteiger partial charge on any atom is -0.462 e. The van der Waals surface area contributed by atoms with E-state index in [1.165, 1.54) is 89.9 Å². The highest BCUT2D eigenvalue weighted by atomic mass is 16.6. The molecule has 0 spiro atoms. The van der Waals surface area contributed by atoms with Gasteiger partial charge in [0.2, 0.25) is 0 Å². The molecule has 0 amide bonds. The van der Waals surface area contributed by atoms with Crippen molar-refractivity contribution in [1.29, 1.82) is 0 Å². The molecule has 0 rings (SSSR count). The molecule has 1 atom stereocenters. The highest BCUT2D eigenvalue weighted by molar-refractivity contribution is 5.71. The van der Waals surface area contributed by atoms with Crippen molar-refractivity contribution >= 4 is 17.9 Å². The second-order valence-corrected chi connectivity index (χ2v) is 17.4. The second kappa shape index (κ2) is 52.9. The lowest BCUT2D eigenvalue weighted by Crippen LogP contribution is -2.30. The van der Waals surface area contributed by atoms with E-state index in [1.807, 2.05) is 0 Å². The molecule has 0 radical (unpaired) electrons. The van der Waals surface area contributed by atoms with E-state index in [9.17, 15) is 14.4 Å². The number of hydrogen-bond acceptors (Lipinski definition) is 6. The van der Waals surface area contributed by atoms with Crippen molar-refractivity contribution < 1.29 is 28.6 Å². The summed E-state index contributed by atoms with van der Waals surface area (Å²) in [7, 11) is 0. The van der Waals surface area contributed by atoms with Gasteiger partial charge in [-0.15, -0.1) is 0 Å². The first kappa shape index (κ1) is 61.3. The minimum atomic E-state index is -0.808. The highest BCUT2D eigenvalue weighted by Gasteiger charge is 2.19. The Hall–Kier alpha value is -3.67. The van der Waals surface area contributed by atoms with E-state index < -0.39 is 6.10 Å². The van der Waals surface area contributed by atoms with E-state index in [0.29, 0.717) is 12.8 Å². The molecule has 0 aliphatic carbocycles. The van der Waals surface area contributed by atoms with Gasteiger partial charge in [-0.25, -0.2) is 0 Å². The van der Waals surface area contributed by atoms with Gasteiger partial charge in [-0.05, 0) is 122 Å². The number of rotatable bonds is 47. The van der Waals surface area contributed by atoms with Crippen molar-refractivity contribution in [1.82, 2.24) is 0 Å². The maximum absolute atomic E-state index is 12.8. The molecule has 6 nitrogen and oxygen atoms in total. The zero-order valence-corrected chi connectivity index (χ0v) is 42.2. The van der Waals surface area contributed by atoms with Crippen LogP contribution in [0.2, 0.25) is 0 Å². The fourth-order valence-corrected chi connectivity index (χ4v) is 7.02. The Kier molecular flexibility index (Phi) is 50.0. The third kappa shape index (κ3) is 51.2. The predicted molar refractivity (Wildman–Crippen MR) is 279 cm³/mol. The third-order valence-corrected chi connectivity index (χ3v) is 11.0. The maximum Gasteiger partial charge on any atom is 0.306 e. The second-order valence-electron chi connectivity index (χ2n) is 17.4. The van der Waals surface area contributed by atoms with Gasteiger partial charge in [0.05, 0.1) is 0 Å². The van der Waals surface area contributed by atoms with Gasteiger partial charge < -0.3 is 14.2 Å². The minimum absolute atomic E-state index is 0.103. The first-order valence-electron chi connectivity index (χ1n) is 26.7. The Labute approximate surface area is 400 Å². The monoisotopic (exact) mass is 903 g/mol. The van der Waals surface area contributed by atoms with Crippen LogP contribution in [0.4, 0.5) is 0 Å². The lowest BCUT2D eigenvalue weighted by Gasteiger charge is -2.18. The number of hydrogen-bond donors (Lipinski definition) is 0. The summed E-state index contributed by atoms with van der Waals surface area (Å²) >= 11 is 0. The molecule has 0 aromatic heterocycles. The molecular formula is C59H98O6. The van der Waals surface area contributed by atoms with Gasteiger partial charge in [0.25, 0.3) is 0 Å². The first-order chi connectivity index (χ1) is 32.0. The number of carbonyl (C=O) groups excluding carboxylic acids is 3. The Bertz CT molecular complexity index is 1310. The molecule has 0 bridgehead atoms. The van der Waals surface area contributed by atoms with Gasteiger partial charge in [0.1, 0.15) is 13.2 Å². The summed E-state index contributed by atoms with van der Waals surface area (Å²) in [4.78, 5) is 38.0. The zero-order chi connectivity index (χ0) is 47.2. The molecule has 0 unspecified atom stereocenters. The largest absolute Gasteiger partial charge is 0.462 e. The topological polar surface area (TPSA) is 78.9 Å². The smallest absolute Gasteiger partial charge is 0.306 e. The van der Waals surface area contributed by atoms with Crippen LogP contribution in [0, 0.1) is 0 Å². The van der Waals surface area contributed by atoms with E-state index in [1.54, 1.807) is 0 Å². The molecule has 0 N–H and O–H groups in total. The Morgan fingerprint density at radius 2 is 0.600 bits per heavy atom. The van der Waals surface area contributed by atoms with Gasteiger partial charge in [-0.2, -0.15) is 0 Å².